The number of aromatic nitrogens is 4. The fourth-order valence-corrected chi connectivity index (χ4v) is 3.02. The highest BCUT2D eigenvalue weighted by Crippen LogP contribution is 2.23. The lowest BCUT2D eigenvalue weighted by Gasteiger charge is -2.11. The Morgan fingerprint density at radius 1 is 1.22 bits per heavy atom. The number of hydrogen-bond donors (Lipinski definition) is 2. The highest BCUT2D eigenvalue weighted by molar-refractivity contribution is 7.98. The summed E-state index contributed by atoms with van der Waals surface area (Å²) in [5, 5.41) is 12.3. The molecule has 1 aromatic carbocycles. The molecule has 0 aliphatic carbocycles. The lowest BCUT2D eigenvalue weighted by molar-refractivity contribution is 0.0952. The SMILES string of the molecule is CSc1nc(NC(C)C)c2cnn(CCNC(=O)c3ccc(C)cc3)c2n1. The van der Waals surface area contributed by atoms with Gasteiger partial charge in [0.25, 0.3) is 5.91 Å². The predicted octanol–water partition coefficient (Wildman–Crippen LogP) is 3.11. The van der Waals surface area contributed by atoms with Gasteiger partial charge in [0.05, 0.1) is 18.1 Å². The number of nitrogens with zero attached hydrogens (tertiary/aromatic N) is 4. The van der Waals surface area contributed by atoms with Gasteiger partial charge in [-0.15, -0.1) is 0 Å². The lowest BCUT2D eigenvalue weighted by atomic mass is 10.1. The summed E-state index contributed by atoms with van der Waals surface area (Å²) in [5.74, 6) is 0.697. The molecule has 3 rings (SSSR count). The molecule has 0 saturated carbocycles. The summed E-state index contributed by atoms with van der Waals surface area (Å²) in [6, 6.07) is 7.78. The number of carbonyl (C=O) groups excluding carboxylic acids is 1. The molecule has 27 heavy (non-hydrogen) atoms. The van der Waals surface area contributed by atoms with E-state index in [-0.39, 0.29) is 11.9 Å². The van der Waals surface area contributed by atoms with Gasteiger partial charge in [0.15, 0.2) is 10.8 Å². The van der Waals surface area contributed by atoms with E-state index in [1.807, 2.05) is 37.4 Å². The largest absolute Gasteiger partial charge is 0.367 e. The molecule has 0 saturated heterocycles. The van der Waals surface area contributed by atoms with E-state index in [2.05, 4.69) is 39.5 Å². The topological polar surface area (TPSA) is 84.7 Å². The number of benzene rings is 1. The maximum Gasteiger partial charge on any atom is 0.251 e. The minimum absolute atomic E-state index is 0.0898. The van der Waals surface area contributed by atoms with Crippen LogP contribution in [0.5, 0.6) is 0 Å². The first-order valence-corrected chi connectivity index (χ1v) is 10.1. The van der Waals surface area contributed by atoms with Crippen molar-refractivity contribution >= 4 is 34.5 Å². The van der Waals surface area contributed by atoms with Crippen LogP contribution in [0.15, 0.2) is 35.6 Å². The highest BCUT2D eigenvalue weighted by Gasteiger charge is 2.13. The normalized spacial score (nSPS) is 11.1. The van der Waals surface area contributed by atoms with E-state index in [4.69, 9.17) is 0 Å². The van der Waals surface area contributed by atoms with Crippen molar-refractivity contribution in [3.05, 3.63) is 41.6 Å². The predicted molar refractivity (Wildman–Crippen MR) is 109 cm³/mol. The Hall–Kier alpha value is -2.61. The second-order valence-corrected chi connectivity index (χ2v) is 7.36. The summed E-state index contributed by atoms with van der Waals surface area (Å²) in [4.78, 5) is 21.4. The quantitative estimate of drug-likeness (QED) is 0.481. The van der Waals surface area contributed by atoms with Crippen molar-refractivity contribution < 1.29 is 4.79 Å². The van der Waals surface area contributed by atoms with Crippen LogP contribution in [0.1, 0.15) is 29.8 Å². The van der Waals surface area contributed by atoms with Crippen molar-refractivity contribution in [1.82, 2.24) is 25.1 Å². The number of rotatable bonds is 7. The number of aryl methyl sites for hydroxylation is 1. The van der Waals surface area contributed by atoms with Crippen LogP contribution in [0, 0.1) is 6.92 Å². The molecule has 0 spiro atoms. The van der Waals surface area contributed by atoms with Gasteiger partial charge < -0.3 is 10.6 Å². The van der Waals surface area contributed by atoms with Gasteiger partial charge in [-0.2, -0.15) is 5.10 Å². The molecule has 1 amide bonds. The summed E-state index contributed by atoms with van der Waals surface area (Å²) in [6.07, 6.45) is 3.72. The van der Waals surface area contributed by atoms with Crippen molar-refractivity contribution in [2.24, 2.45) is 0 Å². The molecular weight excluding hydrogens is 360 g/mol. The molecule has 2 heterocycles. The lowest BCUT2D eigenvalue weighted by Crippen LogP contribution is -2.27. The molecule has 7 nitrogen and oxygen atoms in total. The molecule has 3 aromatic rings. The van der Waals surface area contributed by atoms with Crippen molar-refractivity contribution in [1.29, 1.82) is 0 Å². The second kappa shape index (κ2) is 8.39. The van der Waals surface area contributed by atoms with Crippen LogP contribution in [-0.4, -0.2) is 44.5 Å². The van der Waals surface area contributed by atoms with Crippen LogP contribution < -0.4 is 10.6 Å². The van der Waals surface area contributed by atoms with E-state index in [1.54, 1.807) is 10.9 Å². The third-order valence-electron chi connectivity index (χ3n) is 4.01. The second-order valence-electron chi connectivity index (χ2n) is 6.58. The van der Waals surface area contributed by atoms with Gasteiger partial charge in [0.1, 0.15) is 5.82 Å². The number of nitrogens with one attached hydrogen (secondary N) is 2. The maximum absolute atomic E-state index is 12.2. The zero-order valence-electron chi connectivity index (χ0n) is 16.0. The van der Waals surface area contributed by atoms with Crippen LogP contribution in [0.2, 0.25) is 0 Å². The highest BCUT2D eigenvalue weighted by atomic mass is 32.2. The Labute approximate surface area is 163 Å². The Morgan fingerprint density at radius 2 is 1.96 bits per heavy atom. The first-order valence-electron chi connectivity index (χ1n) is 8.87. The number of fused-ring (bicyclic) bond motifs is 1. The molecule has 142 valence electrons. The third kappa shape index (κ3) is 4.57. The zero-order valence-corrected chi connectivity index (χ0v) is 16.8. The van der Waals surface area contributed by atoms with Crippen molar-refractivity contribution in [2.75, 3.05) is 18.1 Å². The van der Waals surface area contributed by atoms with E-state index >= 15 is 0 Å². The fourth-order valence-electron chi connectivity index (χ4n) is 2.66. The van der Waals surface area contributed by atoms with Gasteiger partial charge in [-0.25, -0.2) is 14.6 Å². The van der Waals surface area contributed by atoms with Crippen LogP contribution >= 0.6 is 11.8 Å². The van der Waals surface area contributed by atoms with Gasteiger partial charge in [-0.3, -0.25) is 4.79 Å². The van der Waals surface area contributed by atoms with Crippen LogP contribution in [-0.2, 0) is 6.54 Å². The molecule has 0 atom stereocenters. The molecule has 0 radical (unpaired) electrons. The first kappa shape index (κ1) is 19.2. The molecular formula is C19H24N6OS. The average molecular weight is 385 g/mol. The van der Waals surface area contributed by atoms with Crippen molar-refractivity contribution in [2.45, 2.75) is 38.5 Å². The molecule has 0 unspecified atom stereocenters. The smallest absolute Gasteiger partial charge is 0.251 e. The minimum Gasteiger partial charge on any atom is -0.367 e. The van der Waals surface area contributed by atoms with E-state index in [1.165, 1.54) is 11.8 Å². The number of thioether (sulfide) groups is 1. The van der Waals surface area contributed by atoms with Crippen molar-refractivity contribution in [3.8, 4) is 0 Å². The third-order valence-corrected chi connectivity index (χ3v) is 4.55. The van der Waals surface area contributed by atoms with E-state index < -0.39 is 0 Å². The summed E-state index contributed by atoms with van der Waals surface area (Å²) in [5.41, 5.74) is 2.55. The number of amides is 1. The Kier molecular flexibility index (Phi) is 5.95. The summed E-state index contributed by atoms with van der Waals surface area (Å²) in [6.45, 7) is 7.13. The van der Waals surface area contributed by atoms with Gasteiger partial charge >= 0.3 is 0 Å². The summed E-state index contributed by atoms with van der Waals surface area (Å²) < 4.78 is 1.80. The number of anilines is 1. The Bertz CT molecular complexity index is 935. The average Bonchev–Trinajstić information content (AvgIpc) is 3.05. The van der Waals surface area contributed by atoms with Gasteiger partial charge in [0.2, 0.25) is 0 Å². The Morgan fingerprint density at radius 3 is 2.63 bits per heavy atom. The summed E-state index contributed by atoms with van der Waals surface area (Å²) >= 11 is 1.49. The molecule has 0 fully saturated rings. The molecule has 2 N–H and O–H groups in total. The molecule has 0 bridgehead atoms. The van der Waals surface area contributed by atoms with Gasteiger partial charge in [-0.05, 0) is 39.2 Å². The summed E-state index contributed by atoms with van der Waals surface area (Å²) in [7, 11) is 0. The fraction of sp³-hybridized carbons (Fsp3) is 0.368. The van der Waals surface area contributed by atoms with Crippen LogP contribution in [0.4, 0.5) is 5.82 Å². The van der Waals surface area contributed by atoms with Crippen molar-refractivity contribution in [3.63, 3.8) is 0 Å². The van der Waals surface area contributed by atoms with E-state index in [9.17, 15) is 4.79 Å². The zero-order chi connectivity index (χ0) is 19.4. The Balaban J connectivity index is 1.73. The van der Waals surface area contributed by atoms with Crippen LogP contribution in [0.3, 0.4) is 0 Å². The first-order chi connectivity index (χ1) is 13.0. The maximum atomic E-state index is 12.2. The van der Waals surface area contributed by atoms with Crippen LogP contribution in [0.25, 0.3) is 11.0 Å². The molecule has 8 heteroatoms. The minimum atomic E-state index is -0.0898. The molecule has 2 aromatic heterocycles. The number of carbonyl (C=O) groups is 1. The molecule has 0 aliphatic heterocycles. The molecule has 0 aliphatic rings. The van der Waals surface area contributed by atoms with Gasteiger partial charge in [-0.1, -0.05) is 29.5 Å². The number of hydrogen-bond acceptors (Lipinski definition) is 6. The monoisotopic (exact) mass is 384 g/mol. The standard InChI is InChI=1S/C19H24N6OS/c1-12(2)22-16-15-11-21-25(17(15)24-19(23-16)27-4)10-9-20-18(26)14-7-5-13(3)6-8-14/h5-8,11-12H,9-10H2,1-4H3,(H,20,26)(H,22,23,24). The van der Waals surface area contributed by atoms with E-state index in [0.717, 1.165) is 22.4 Å². The van der Waals surface area contributed by atoms with E-state index in [0.29, 0.717) is 23.8 Å². The van der Waals surface area contributed by atoms with Gasteiger partial charge in [0, 0.05) is 18.2 Å².